The van der Waals surface area contributed by atoms with E-state index < -0.39 is 17.7 Å². The molecule has 8 heteroatoms. The van der Waals surface area contributed by atoms with Crippen molar-refractivity contribution in [1.29, 1.82) is 0 Å². The summed E-state index contributed by atoms with van der Waals surface area (Å²) in [6.07, 6.45) is 1.41. The summed E-state index contributed by atoms with van der Waals surface area (Å²) in [5.74, 6) is -0.867. The van der Waals surface area contributed by atoms with Crippen LogP contribution in [0.25, 0.3) is 0 Å². The van der Waals surface area contributed by atoms with Gasteiger partial charge in [-0.3, -0.25) is 4.79 Å². The van der Waals surface area contributed by atoms with E-state index in [1.54, 1.807) is 20.8 Å². The molecular weight excluding hydrogens is 430 g/mol. The molecule has 1 unspecified atom stereocenters. The van der Waals surface area contributed by atoms with E-state index in [0.717, 1.165) is 22.4 Å². The first-order valence-corrected chi connectivity index (χ1v) is 11.4. The highest BCUT2D eigenvalue weighted by molar-refractivity contribution is 7.12. The highest BCUT2D eigenvalue weighted by Gasteiger charge is 2.31. The van der Waals surface area contributed by atoms with Gasteiger partial charge in [-0.2, -0.15) is 0 Å². The number of rotatable bonds is 6. The van der Waals surface area contributed by atoms with E-state index >= 15 is 0 Å². The third-order valence-corrected chi connectivity index (χ3v) is 6.27. The molecule has 1 N–H and O–H groups in total. The molecule has 32 heavy (non-hydrogen) atoms. The summed E-state index contributed by atoms with van der Waals surface area (Å²) in [6.45, 7) is 5.60. The highest BCUT2D eigenvalue weighted by Crippen LogP contribution is 2.36. The number of methoxy groups -OCH3 is 1. The fourth-order valence-electron chi connectivity index (χ4n) is 3.67. The van der Waals surface area contributed by atoms with Crippen LogP contribution in [0.1, 0.15) is 58.4 Å². The molecule has 3 rings (SSSR count). The second-order valence-corrected chi connectivity index (χ2v) is 9.89. The first-order valence-electron chi connectivity index (χ1n) is 10.6. The number of aryl methyl sites for hydroxylation is 1. The maximum absolute atomic E-state index is 12.5. The molecule has 0 bridgehead atoms. The van der Waals surface area contributed by atoms with Gasteiger partial charge in [0.05, 0.1) is 19.1 Å². The van der Waals surface area contributed by atoms with Crippen molar-refractivity contribution >= 4 is 29.4 Å². The van der Waals surface area contributed by atoms with Crippen molar-refractivity contribution in [1.82, 2.24) is 5.32 Å². The van der Waals surface area contributed by atoms with Gasteiger partial charge in [-0.05, 0) is 51.2 Å². The predicted molar refractivity (Wildman–Crippen MR) is 121 cm³/mol. The summed E-state index contributed by atoms with van der Waals surface area (Å²) in [4.78, 5) is 38.9. The maximum atomic E-state index is 12.5. The summed E-state index contributed by atoms with van der Waals surface area (Å²) in [5, 5.41) is 2.89. The normalized spacial score (nSPS) is 15.4. The Morgan fingerprint density at radius 1 is 1.16 bits per heavy atom. The van der Waals surface area contributed by atoms with Gasteiger partial charge in [-0.25, -0.2) is 9.59 Å². The van der Waals surface area contributed by atoms with E-state index in [0.29, 0.717) is 23.3 Å². The van der Waals surface area contributed by atoms with E-state index in [-0.39, 0.29) is 25.0 Å². The second-order valence-electron chi connectivity index (χ2n) is 8.70. The number of hydrogen-bond donors (Lipinski definition) is 1. The molecule has 1 aliphatic rings. The van der Waals surface area contributed by atoms with Gasteiger partial charge >= 0.3 is 18.0 Å². The Hall–Kier alpha value is -2.87. The molecule has 7 nitrogen and oxygen atoms in total. The third kappa shape index (κ3) is 6.32. The lowest BCUT2D eigenvalue weighted by Crippen LogP contribution is -2.39. The van der Waals surface area contributed by atoms with Crippen LogP contribution < -0.4 is 5.32 Å². The predicted octanol–water partition coefficient (Wildman–Crippen LogP) is 4.20. The number of carbonyl (C=O) groups is 3. The molecule has 0 aliphatic heterocycles. The molecular formula is C24H29NO6S. The molecule has 1 aromatic carbocycles. The van der Waals surface area contributed by atoms with Gasteiger partial charge in [-0.15, -0.1) is 11.3 Å². The van der Waals surface area contributed by atoms with Gasteiger partial charge in [0.15, 0.2) is 0 Å². The Morgan fingerprint density at radius 2 is 1.88 bits per heavy atom. The molecule has 0 fully saturated rings. The SMILES string of the molecule is COC(=O)c1c(CC(=O)OC(C)(C)C)sc2c1CC(NC(=O)OCc1ccccc1)CC2. The molecule has 1 aromatic heterocycles. The smallest absolute Gasteiger partial charge is 0.407 e. The number of thiophene rings is 1. The number of nitrogens with one attached hydrogen (secondary N) is 1. The zero-order valence-electron chi connectivity index (χ0n) is 18.9. The lowest BCUT2D eigenvalue weighted by atomic mass is 9.90. The number of carbonyl (C=O) groups excluding carboxylic acids is 3. The van der Waals surface area contributed by atoms with Gasteiger partial charge in [0.1, 0.15) is 12.2 Å². The van der Waals surface area contributed by atoms with Crippen LogP contribution in [0, 0.1) is 0 Å². The number of ether oxygens (including phenoxy) is 3. The minimum atomic E-state index is -0.603. The number of benzene rings is 1. The Balaban J connectivity index is 1.68. The summed E-state index contributed by atoms with van der Waals surface area (Å²) in [6, 6.07) is 9.29. The van der Waals surface area contributed by atoms with Crippen LogP contribution in [0.3, 0.4) is 0 Å². The molecule has 172 valence electrons. The first-order chi connectivity index (χ1) is 15.2. The average Bonchev–Trinajstić information content (AvgIpc) is 3.08. The van der Waals surface area contributed by atoms with Gasteiger partial charge in [0.25, 0.3) is 0 Å². The van der Waals surface area contributed by atoms with Crippen LogP contribution in [0.4, 0.5) is 4.79 Å². The molecule has 0 radical (unpaired) electrons. The molecule has 1 heterocycles. The molecule has 1 atom stereocenters. The van der Waals surface area contributed by atoms with Crippen LogP contribution >= 0.6 is 11.3 Å². The van der Waals surface area contributed by atoms with Crippen molar-refractivity contribution in [2.75, 3.05) is 7.11 Å². The summed E-state index contributed by atoms with van der Waals surface area (Å²) in [7, 11) is 1.32. The Kier molecular flexibility index (Phi) is 7.56. The number of esters is 2. The van der Waals surface area contributed by atoms with Crippen molar-refractivity contribution in [3.05, 3.63) is 56.8 Å². The fourth-order valence-corrected chi connectivity index (χ4v) is 4.99. The molecule has 0 spiro atoms. The highest BCUT2D eigenvalue weighted by atomic mass is 32.1. The van der Waals surface area contributed by atoms with Crippen LogP contribution in [-0.2, 0) is 44.9 Å². The van der Waals surface area contributed by atoms with Crippen LogP contribution in [0.15, 0.2) is 30.3 Å². The Labute approximate surface area is 192 Å². The summed E-state index contributed by atoms with van der Waals surface area (Å²) >= 11 is 1.44. The molecule has 0 saturated heterocycles. The zero-order valence-corrected chi connectivity index (χ0v) is 19.7. The average molecular weight is 460 g/mol. The summed E-state index contributed by atoms with van der Waals surface area (Å²) in [5.41, 5.74) is 1.56. The van der Waals surface area contributed by atoms with Crippen LogP contribution in [-0.4, -0.2) is 36.8 Å². The van der Waals surface area contributed by atoms with Gasteiger partial charge in [0.2, 0.25) is 0 Å². The Bertz CT molecular complexity index is 976. The third-order valence-electron chi connectivity index (χ3n) is 4.98. The fraction of sp³-hybridized carbons (Fsp3) is 0.458. The Morgan fingerprint density at radius 3 is 2.53 bits per heavy atom. The van der Waals surface area contributed by atoms with Crippen molar-refractivity contribution in [2.45, 2.75) is 64.7 Å². The summed E-state index contributed by atoms with van der Waals surface area (Å²) < 4.78 is 15.7. The van der Waals surface area contributed by atoms with Gasteiger partial charge in [-0.1, -0.05) is 30.3 Å². The lowest BCUT2D eigenvalue weighted by Gasteiger charge is -2.23. The quantitative estimate of drug-likeness (QED) is 0.514. The molecule has 2 aromatic rings. The largest absolute Gasteiger partial charge is 0.465 e. The monoisotopic (exact) mass is 459 g/mol. The minimum Gasteiger partial charge on any atom is -0.465 e. The van der Waals surface area contributed by atoms with E-state index in [4.69, 9.17) is 14.2 Å². The first kappa shape index (κ1) is 23.8. The molecule has 0 saturated carbocycles. The van der Waals surface area contributed by atoms with E-state index in [1.165, 1.54) is 18.4 Å². The minimum absolute atomic E-state index is 0.0105. The zero-order chi connectivity index (χ0) is 23.3. The van der Waals surface area contributed by atoms with E-state index in [1.807, 2.05) is 30.3 Å². The number of alkyl carbamates (subject to hydrolysis) is 1. The molecule has 1 amide bonds. The van der Waals surface area contributed by atoms with E-state index in [2.05, 4.69) is 5.32 Å². The topological polar surface area (TPSA) is 90.9 Å². The number of fused-ring (bicyclic) bond motifs is 1. The van der Waals surface area contributed by atoms with Crippen molar-refractivity contribution in [3.8, 4) is 0 Å². The molecule has 1 aliphatic carbocycles. The lowest BCUT2D eigenvalue weighted by molar-refractivity contribution is -0.153. The van der Waals surface area contributed by atoms with Crippen LogP contribution in [0.5, 0.6) is 0 Å². The number of amides is 1. The van der Waals surface area contributed by atoms with Gasteiger partial charge < -0.3 is 19.5 Å². The standard InChI is InChI=1S/C24H29NO6S/c1-24(2,3)31-20(26)13-19-21(22(27)29-4)17-12-16(10-11-18(17)32-19)25-23(28)30-14-15-8-6-5-7-9-15/h5-9,16H,10-14H2,1-4H3,(H,25,28). The number of hydrogen-bond acceptors (Lipinski definition) is 7. The second kappa shape index (κ2) is 10.2. The maximum Gasteiger partial charge on any atom is 0.407 e. The van der Waals surface area contributed by atoms with E-state index in [9.17, 15) is 14.4 Å². The van der Waals surface area contributed by atoms with Gasteiger partial charge in [0, 0.05) is 15.8 Å². The van der Waals surface area contributed by atoms with Crippen molar-refractivity contribution in [3.63, 3.8) is 0 Å². The van der Waals surface area contributed by atoms with Crippen molar-refractivity contribution in [2.24, 2.45) is 0 Å². The van der Waals surface area contributed by atoms with Crippen LogP contribution in [0.2, 0.25) is 0 Å². The van der Waals surface area contributed by atoms with Crippen molar-refractivity contribution < 1.29 is 28.6 Å².